The molecule has 98 valence electrons. The van der Waals surface area contributed by atoms with Gasteiger partial charge >= 0.3 is 5.97 Å². The first-order chi connectivity index (χ1) is 9.21. The Balaban J connectivity index is 2.72. The highest BCUT2D eigenvalue weighted by Gasteiger charge is 2.16. The van der Waals surface area contributed by atoms with Crippen LogP contribution in [0.4, 0.5) is 0 Å². The molecule has 0 atom stereocenters. The Hall–Kier alpha value is -2.49. The quantitative estimate of drug-likeness (QED) is 0.480. The van der Waals surface area contributed by atoms with Crippen LogP contribution in [0.3, 0.4) is 0 Å². The lowest BCUT2D eigenvalue weighted by atomic mass is 10.1. The lowest BCUT2D eigenvalue weighted by Gasteiger charge is -2.14. The van der Waals surface area contributed by atoms with E-state index in [1.807, 2.05) is 24.3 Å². The number of methoxy groups -OCH3 is 2. The molecule has 0 aliphatic heterocycles. The molecule has 0 spiro atoms. The Morgan fingerprint density at radius 1 is 1.11 bits per heavy atom. The molecule has 2 aromatic carbocycles. The largest absolute Gasteiger partial charge is 0.496 e. The van der Waals surface area contributed by atoms with E-state index in [1.165, 1.54) is 7.11 Å². The van der Waals surface area contributed by atoms with Crippen molar-refractivity contribution in [3.05, 3.63) is 43.0 Å². The highest BCUT2D eigenvalue weighted by molar-refractivity contribution is 5.98. The van der Waals surface area contributed by atoms with E-state index in [1.54, 1.807) is 13.2 Å². The van der Waals surface area contributed by atoms with Crippen molar-refractivity contribution >= 4 is 16.7 Å². The number of carbonyl (C=O) groups excluding carboxylic acids is 1. The predicted octanol–water partition coefficient (Wildman–Crippen LogP) is 2.95. The molecule has 19 heavy (non-hydrogen) atoms. The molecule has 0 saturated carbocycles. The number of ether oxygens (including phenoxy) is 3. The third-order valence-electron chi connectivity index (χ3n) is 2.73. The zero-order valence-electron chi connectivity index (χ0n) is 10.8. The average molecular weight is 258 g/mol. The summed E-state index contributed by atoms with van der Waals surface area (Å²) in [5.74, 6) is 0.925. The molecule has 0 bridgehead atoms. The predicted molar refractivity (Wildman–Crippen MR) is 72.9 cm³/mol. The summed E-state index contributed by atoms with van der Waals surface area (Å²) in [4.78, 5) is 11.4. The van der Waals surface area contributed by atoms with Crippen LogP contribution >= 0.6 is 0 Å². The standard InChI is InChI=1S/C15H14O4/c1-4-14(16)19-15-11-8-6-5-7-10(11)12(17-2)9-13(15)18-3/h4-9H,1H2,2-3H3. The maximum Gasteiger partial charge on any atom is 0.335 e. The molecule has 2 rings (SSSR count). The van der Waals surface area contributed by atoms with Gasteiger partial charge < -0.3 is 14.2 Å². The van der Waals surface area contributed by atoms with Gasteiger partial charge in [-0.25, -0.2) is 4.79 Å². The summed E-state index contributed by atoms with van der Waals surface area (Å²) >= 11 is 0. The monoisotopic (exact) mass is 258 g/mol. The number of benzene rings is 2. The zero-order valence-corrected chi connectivity index (χ0v) is 10.8. The number of hydrogen-bond acceptors (Lipinski definition) is 4. The fraction of sp³-hybridized carbons (Fsp3) is 0.133. The van der Waals surface area contributed by atoms with Crippen LogP contribution in [0, 0.1) is 0 Å². The van der Waals surface area contributed by atoms with Gasteiger partial charge in [-0.2, -0.15) is 0 Å². The van der Waals surface area contributed by atoms with Gasteiger partial charge in [0.15, 0.2) is 11.5 Å². The molecule has 4 heteroatoms. The van der Waals surface area contributed by atoms with Crippen molar-refractivity contribution in [3.63, 3.8) is 0 Å². The zero-order chi connectivity index (χ0) is 13.8. The second kappa shape index (κ2) is 5.44. The van der Waals surface area contributed by atoms with Crippen LogP contribution in [0.5, 0.6) is 17.2 Å². The fourth-order valence-electron chi connectivity index (χ4n) is 1.86. The molecule has 0 unspecified atom stereocenters. The second-order valence-electron chi connectivity index (χ2n) is 3.78. The Bertz CT molecular complexity index is 631. The van der Waals surface area contributed by atoms with Crippen LogP contribution in [0.2, 0.25) is 0 Å². The molecule has 2 aromatic rings. The lowest BCUT2D eigenvalue weighted by molar-refractivity contribution is -0.128. The van der Waals surface area contributed by atoms with E-state index in [-0.39, 0.29) is 0 Å². The summed E-state index contributed by atoms with van der Waals surface area (Å²) < 4.78 is 15.8. The fourth-order valence-corrected chi connectivity index (χ4v) is 1.86. The van der Waals surface area contributed by atoms with Crippen LogP contribution in [0.25, 0.3) is 10.8 Å². The minimum absolute atomic E-state index is 0.365. The molecular weight excluding hydrogens is 244 g/mol. The van der Waals surface area contributed by atoms with Crippen molar-refractivity contribution in [2.45, 2.75) is 0 Å². The van der Waals surface area contributed by atoms with Crippen molar-refractivity contribution in [2.24, 2.45) is 0 Å². The Morgan fingerprint density at radius 2 is 1.74 bits per heavy atom. The maximum atomic E-state index is 11.4. The smallest absolute Gasteiger partial charge is 0.335 e. The highest BCUT2D eigenvalue weighted by atomic mass is 16.6. The third-order valence-corrected chi connectivity index (χ3v) is 2.73. The van der Waals surface area contributed by atoms with Crippen molar-refractivity contribution in [2.75, 3.05) is 14.2 Å². The molecule has 0 aliphatic rings. The first-order valence-corrected chi connectivity index (χ1v) is 5.69. The van der Waals surface area contributed by atoms with E-state index in [4.69, 9.17) is 14.2 Å². The lowest BCUT2D eigenvalue weighted by Crippen LogP contribution is -2.05. The second-order valence-corrected chi connectivity index (χ2v) is 3.78. The summed E-state index contributed by atoms with van der Waals surface area (Å²) in [7, 11) is 3.09. The molecule has 0 saturated heterocycles. The Labute approximate surface area is 111 Å². The molecular formula is C15H14O4. The maximum absolute atomic E-state index is 11.4. The molecule has 0 aromatic heterocycles. The van der Waals surface area contributed by atoms with E-state index in [0.717, 1.165) is 16.8 Å². The molecule has 0 heterocycles. The van der Waals surface area contributed by atoms with Crippen molar-refractivity contribution in [3.8, 4) is 17.2 Å². The summed E-state index contributed by atoms with van der Waals surface area (Å²) in [6.07, 6.45) is 1.11. The van der Waals surface area contributed by atoms with Crippen molar-refractivity contribution in [1.82, 2.24) is 0 Å². The molecule has 0 fully saturated rings. The van der Waals surface area contributed by atoms with Gasteiger partial charge in [0.25, 0.3) is 0 Å². The van der Waals surface area contributed by atoms with Crippen molar-refractivity contribution in [1.29, 1.82) is 0 Å². The summed E-state index contributed by atoms with van der Waals surface area (Å²) in [6, 6.07) is 9.15. The van der Waals surface area contributed by atoms with Gasteiger partial charge in [-0.1, -0.05) is 30.8 Å². The van der Waals surface area contributed by atoms with Gasteiger partial charge in [0.2, 0.25) is 0 Å². The molecule has 0 radical (unpaired) electrons. The first-order valence-electron chi connectivity index (χ1n) is 5.69. The number of hydrogen-bond donors (Lipinski definition) is 0. The number of fused-ring (bicyclic) bond motifs is 1. The normalized spacial score (nSPS) is 10.0. The van der Waals surface area contributed by atoms with Crippen LogP contribution in [0.15, 0.2) is 43.0 Å². The minimum atomic E-state index is -0.534. The van der Waals surface area contributed by atoms with Crippen LogP contribution in [-0.2, 0) is 4.79 Å². The average Bonchev–Trinajstić information content (AvgIpc) is 2.47. The van der Waals surface area contributed by atoms with E-state index in [9.17, 15) is 4.79 Å². The Kier molecular flexibility index (Phi) is 3.71. The SMILES string of the molecule is C=CC(=O)Oc1c(OC)cc(OC)c2ccccc12. The van der Waals surface area contributed by atoms with Gasteiger partial charge in [0.05, 0.1) is 14.2 Å². The summed E-state index contributed by atoms with van der Waals surface area (Å²) in [5.41, 5.74) is 0. The van der Waals surface area contributed by atoms with Gasteiger partial charge in [-0.05, 0) is 0 Å². The van der Waals surface area contributed by atoms with Crippen LogP contribution < -0.4 is 14.2 Å². The summed E-state index contributed by atoms with van der Waals surface area (Å²) in [6.45, 7) is 3.39. The first kappa shape index (κ1) is 13.0. The topological polar surface area (TPSA) is 44.8 Å². The van der Waals surface area contributed by atoms with E-state index < -0.39 is 5.97 Å². The minimum Gasteiger partial charge on any atom is -0.496 e. The molecule has 0 aliphatic carbocycles. The third kappa shape index (κ3) is 2.38. The van der Waals surface area contributed by atoms with Gasteiger partial charge in [-0.3, -0.25) is 0 Å². The van der Waals surface area contributed by atoms with E-state index in [0.29, 0.717) is 17.2 Å². The molecule has 0 amide bonds. The van der Waals surface area contributed by atoms with Gasteiger partial charge in [0.1, 0.15) is 5.75 Å². The number of rotatable bonds is 4. The molecule has 0 N–H and O–H groups in total. The van der Waals surface area contributed by atoms with Gasteiger partial charge in [-0.15, -0.1) is 0 Å². The Morgan fingerprint density at radius 3 is 2.32 bits per heavy atom. The summed E-state index contributed by atoms with van der Waals surface area (Å²) in [5, 5.41) is 1.59. The van der Waals surface area contributed by atoms with Gasteiger partial charge in [0, 0.05) is 22.9 Å². The van der Waals surface area contributed by atoms with E-state index in [2.05, 4.69) is 6.58 Å². The number of carbonyl (C=O) groups is 1. The van der Waals surface area contributed by atoms with Crippen molar-refractivity contribution < 1.29 is 19.0 Å². The van der Waals surface area contributed by atoms with Crippen LogP contribution in [-0.4, -0.2) is 20.2 Å². The van der Waals surface area contributed by atoms with Crippen LogP contribution in [0.1, 0.15) is 0 Å². The highest BCUT2D eigenvalue weighted by Crippen LogP contribution is 2.41. The number of esters is 1. The molecule has 4 nitrogen and oxygen atoms in total. The van der Waals surface area contributed by atoms with E-state index >= 15 is 0 Å².